The van der Waals surface area contributed by atoms with E-state index < -0.39 is 11.7 Å². The van der Waals surface area contributed by atoms with E-state index in [0.717, 1.165) is 6.20 Å². The third-order valence-corrected chi connectivity index (χ3v) is 4.79. The molecule has 154 valence electrons. The number of rotatable bonds is 3. The van der Waals surface area contributed by atoms with Crippen molar-refractivity contribution in [2.24, 2.45) is 0 Å². The Morgan fingerprint density at radius 3 is 2.45 bits per heavy atom. The van der Waals surface area contributed by atoms with Crippen LogP contribution in [0.1, 0.15) is 5.56 Å². The SMILES string of the molecule is Nc1nc(-c2c(Nc3ccccc3)c(C(F)(F)F)cn3cnnc23)c2ccccc2n1. The average Bonchev–Trinajstić information content (AvgIpc) is 3.21. The van der Waals surface area contributed by atoms with Gasteiger partial charge in [-0.1, -0.05) is 36.4 Å². The fourth-order valence-corrected chi connectivity index (χ4v) is 3.49. The predicted octanol–water partition coefficient (Wildman–Crippen LogP) is 4.68. The molecule has 0 fully saturated rings. The summed E-state index contributed by atoms with van der Waals surface area (Å²) in [4.78, 5) is 8.50. The summed E-state index contributed by atoms with van der Waals surface area (Å²) in [5.41, 5.74) is 6.36. The lowest BCUT2D eigenvalue weighted by Crippen LogP contribution is -2.13. The molecule has 0 amide bonds. The summed E-state index contributed by atoms with van der Waals surface area (Å²) in [6.45, 7) is 0. The molecule has 0 spiro atoms. The molecule has 0 aliphatic rings. The van der Waals surface area contributed by atoms with Crippen LogP contribution in [0.15, 0.2) is 67.1 Å². The van der Waals surface area contributed by atoms with E-state index in [1.54, 1.807) is 54.6 Å². The van der Waals surface area contributed by atoms with Gasteiger partial charge in [0.25, 0.3) is 0 Å². The molecule has 3 heterocycles. The van der Waals surface area contributed by atoms with Crippen LogP contribution in [0, 0.1) is 0 Å². The van der Waals surface area contributed by atoms with E-state index in [4.69, 9.17) is 5.73 Å². The zero-order valence-corrected chi connectivity index (χ0v) is 15.8. The van der Waals surface area contributed by atoms with E-state index >= 15 is 0 Å². The van der Waals surface area contributed by atoms with Gasteiger partial charge in [-0.2, -0.15) is 13.2 Å². The van der Waals surface area contributed by atoms with Crippen molar-refractivity contribution in [1.29, 1.82) is 0 Å². The Bertz CT molecular complexity index is 1410. The zero-order valence-electron chi connectivity index (χ0n) is 15.8. The van der Waals surface area contributed by atoms with Crippen molar-refractivity contribution in [3.05, 3.63) is 72.7 Å². The summed E-state index contributed by atoms with van der Waals surface area (Å²) in [5, 5.41) is 11.3. The van der Waals surface area contributed by atoms with E-state index in [9.17, 15) is 13.2 Å². The van der Waals surface area contributed by atoms with E-state index in [1.165, 1.54) is 10.7 Å². The summed E-state index contributed by atoms with van der Waals surface area (Å²) >= 11 is 0. The number of para-hydroxylation sites is 2. The summed E-state index contributed by atoms with van der Waals surface area (Å²) in [5.74, 6) is -0.0607. The molecule has 0 unspecified atom stereocenters. The Morgan fingerprint density at radius 1 is 0.935 bits per heavy atom. The van der Waals surface area contributed by atoms with Gasteiger partial charge in [-0.15, -0.1) is 10.2 Å². The maximum Gasteiger partial charge on any atom is 0.419 e. The van der Waals surface area contributed by atoms with Gasteiger partial charge in [-0.25, -0.2) is 9.97 Å². The molecule has 0 aliphatic carbocycles. The summed E-state index contributed by atoms with van der Waals surface area (Å²) < 4.78 is 43.6. The molecular formula is C21H14F3N7. The molecule has 5 rings (SSSR count). The van der Waals surface area contributed by atoms with E-state index in [-0.39, 0.29) is 28.5 Å². The predicted molar refractivity (Wildman–Crippen MR) is 111 cm³/mol. The Morgan fingerprint density at radius 2 is 1.68 bits per heavy atom. The largest absolute Gasteiger partial charge is 0.419 e. The van der Waals surface area contributed by atoms with Gasteiger partial charge in [0.1, 0.15) is 6.33 Å². The minimum absolute atomic E-state index is 0.0607. The maximum absolute atomic E-state index is 14.1. The van der Waals surface area contributed by atoms with Crippen LogP contribution < -0.4 is 11.1 Å². The molecule has 5 aromatic rings. The highest BCUT2D eigenvalue weighted by molar-refractivity contribution is 6.02. The van der Waals surface area contributed by atoms with Gasteiger partial charge in [-0.3, -0.25) is 4.40 Å². The second-order valence-corrected chi connectivity index (χ2v) is 6.79. The van der Waals surface area contributed by atoms with Crippen molar-refractivity contribution >= 4 is 33.9 Å². The summed E-state index contributed by atoms with van der Waals surface area (Å²) in [6.07, 6.45) is -2.48. The maximum atomic E-state index is 14.1. The first-order valence-electron chi connectivity index (χ1n) is 9.20. The molecule has 7 nitrogen and oxygen atoms in total. The number of alkyl halides is 3. The van der Waals surface area contributed by atoms with Gasteiger partial charge in [0, 0.05) is 17.3 Å². The first-order valence-corrected chi connectivity index (χ1v) is 9.20. The van der Waals surface area contributed by atoms with Gasteiger partial charge in [0.05, 0.1) is 28.0 Å². The van der Waals surface area contributed by atoms with E-state index in [2.05, 4.69) is 25.5 Å². The normalized spacial score (nSPS) is 11.8. The second kappa shape index (κ2) is 6.94. The fraction of sp³-hybridized carbons (Fsp3) is 0.0476. The monoisotopic (exact) mass is 421 g/mol. The molecule has 0 atom stereocenters. The van der Waals surface area contributed by atoms with E-state index in [0.29, 0.717) is 16.6 Å². The van der Waals surface area contributed by atoms with Crippen LogP contribution in [0.3, 0.4) is 0 Å². The van der Waals surface area contributed by atoms with Crippen molar-refractivity contribution in [3.8, 4) is 11.3 Å². The lowest BCUT2D eigenvalue weighted by molar-refractivity contribution is -0.137. The summed E-state index contributed by atoms with van der Waals surface area (Å²) in [6, 6.07) is 15.5. The molecule has 3 N–H and O–H groups in total. The smallest absolute Gasteiger partial charge is 0.368 e. The molecule has 31 heavy (non-hydrogen) atoms. The van der Waals surface area contributed by atoms with Crippen LogP contribution in [-0.4, -0.2) is 24.6 Å². The molecule has 0 saturated heterocycles. The number of nitrogens with two attached hydrogens (primary N) is 1. The zero-order chi connectivity index (χ0) is 21.6. The van der Waals surface area contributed by atoms with Gasteiger partial charge in [-0.05, 0) is 18.2 Å². The second-order valence-electron chi connectivity index (χ2n) is 6.79. The molecule has 3 aromatic heterocycles. The average molecular weight is 421 g/mol. The molecule has 2 aromatic carbocycles. The topological polar surface area (TPSA) is 94.0 Å². The third-order valence-electron chi connectivity index (χ3n) is 4.79. The molecule has 0 saturated carbocycles. The van der Waals surface area contributed by atoms with Crippen LogP contribution in [-0.2, 0) is 6.18 Å². The first-order chi connectivity index (χ1) is 14.9. The number of hydrogen-bond acceptors (Lipinski definition) is 6. The molecule has 10 heteroatoms. The van der Waals surface area contributed by atoms with Crippen LogP contribution in [0.2, 0.25) is 0 Å². The highest BCUT2D eigenvalue weighted by Gasteiger charge is 2.37. The van der Waals surface area contributed by atoms with Gasteiger partial charge in [0.15, 0.2) is 5.65 Å². The summed E-state index contributed by atoms with van der Waals surface area (Å²) in [7, 11) is 0. The van der Waals surface area contributed by atoms with Crippen LogP contribution >= 0.6 is 0 Å². The molecular weight excluding hydrogens is 407 g/mol. The number of nitrogens with zero attached hydrogens (tertiary/aromatic N) is 5. The number of nitrogen functional groups attached to an aromatic ring is 1. The lowest BCUT2D eigenvalue weighted by Gasteiger charge is -2.20. The van der Waals surface area contributed by atoms with Gasteiger partial charge < -0.3 is 11.1 Å². The van der Waals surface area contributed by atoms with Crippen LogP contribution in [0.4, 0.5) is 30.5 Å². The van der Waals surface area contributed by atoms with Crippen molar-refractivity contribution in [1.82, 2.24) is 24.6 Å². The highest BCUT2D eigenvalue weighted by Crippen LogP contribution is 2.44. The van der Waals surface area contributed by atoms with Crippen molar-refractivity contribution in [2.75, 3.05) is 11.1 Å². The quantitative estimate of drug-likeness (QED) is 0.439. The third kappa shape index (κ3) is 3.27. The number of pyridine rings is 1. The van der Waals surface area contributed by atoms with Crippen LogP contribution in [0.25, 0.3) is 27.8 Å². The Labute approximate surface area is 173 Å². The Hall–Kier alpha value is -4.21. The van der Waals surface area contributed by atoms with Gasteiger partial charge >= 0.3 is 6.18 Å². The van der Waals surface area contributed by atoms with Crippen molar-refractivity contribution in [2.45, 2.75) is 6.18 Å². The molecule has 0 radical (unpaired) electrons. The van der Waals surface area contributed by atoms with Crippen molar-refractivity contribution in [3.63, 3.8) is 0 Å². The van der Waals surface area contributed by atoms with Crippen molar-refractivity contribution < 1.29 is 13.2 Å². The highest BCUT2D eigenvalue weighted by atomic mass is 19.4. The number of aromatic nitrogens is 5. The number of fused-ring (bicyclic) bond motifs is 2. The van der Waals surface area contributed by atoms with E-state index in [1.807, 2.05) is 0 Å². The lowest BCUT2D eigenvalue weighted by atomic mass is 10.0. The minimum Gasteiger partial charge on any atom is -0.368 e. The number of hydrogen-bond donors (Lipinski definition) is 2. The number of anilines is 3. The number of nitrogens with one attached hydrogen (secondary N) is 1. The molecule has 0 bridgehead atoms. The number of halogens is 3. The van der Waals surface area contributed by atoms with Gasteiger partial charge in [0.2, 0.25) is 5.95 Å². The molecule has 0 aliphatic heterocycles. The Balaban J connectivity index is 1.92. The van der Waals surface area contributed by atoms with Crippen LogP contribution in [0.5, 0.6) is 0 Å². The first kappa shape index (κ1) is 18.8. The standard InChI is InChI=1S/C21H14F3N7/c22-21(23,24)14-10-31-11-26-30-19(31)16(18(14)27-12-6-2-1-3-7-12)17-13-8-4-5-9-15(13)28-20(25)29-17/h1-11,27H,(H2,25,28,29). The minimum atomic E-state index is -4.65. The number of benzene rings is 2. The Kier molecular flexibility index (Phi) is 4.21. The fourth-order valence-electron chi connectivity index (χ4n) is 3.49.